The molecule has 0 bridgehead atoms. The molecule has 128 valence electrons. The Hall–Kier alpha value is -3.42. The van der Waals surface area contributed by atoms with Gasteiger partial charge in [0.25, 0.3) is 0 Å². The van der Waals surface area contributed by atoms with Gasteiger partial charge in [0, 0.05) is 30.6 Å². The highest BCUT2D eigenvalue weighted by atomic mass is 16.5. The quantitative estimate of drug-likeness (QED) is 0.729. The molecule has 3 rings (SSSR count). The minimum atomic E-state index is 0.177. The fourth-order valence-electron chi connectivity index (χ4n) is 2.42. The highest BCUT2D eigenvalue weighted by Gasteiger charge is 2.15. The normalized spacial score (nSPS) is 10.4. The summed E-state index contributed by atoms with van der Waals surface area (Å²) >= 11 is 0. The number of nitrogen functional groups attached to an aromatic ring is 1. The van der Waals surface area contributed by atoms with Crippen LogP contribution in [-0.2, 0) is 0 Å². The van der Waals surface area contributed by atoms with Crippen LogP contribution < -0.4 is 20.5 Å². The molecule has 2 aromatic heterocycles. The summed E-state index contributed by atoms with van der Waals surface area (Å²) in [5, 5.41) is 2.92. The number of aromatic nitrogens is 4. The minimum Gasteiger partial charge on any atom is -0.493 e. The number of ether oxygens (including phenoxy) is 2. The van der Waals surface area contributed by atoms with Crippen LogP contribution >= 0.6 is 0 Å². The van der Waals surface area contributed by atoms with Crippen LogP contribution in [0, 0.1) is 0 Å². The third kappa shape index (κ3) is 3.27. The molecular formula is C17H18N6O2. The molecule has 0 aliphatic heterocycles. The molecule has 0 aliphatic rings. The van der Waals surface area contributed by atoms with Crippen LogP contribution in [0.4, 0.5) is 11.9 Å². The number of hydrogen-bond acceptors (Lipinski definition) is 8. The van der Waals surface area contributed by atoms with E-state index in [2.05, 4.69) is 25.3 Å². The Bertz CT molecular complexity index is 900. The highest BCUT2D eigenvalue weighted by molar-refractivity contribution is 5.80. The molecule has 0 fully saturated rings. The Morgan fingerprint density at radius 1 is 1.00 bits per heavy atom. The molecule has 0 aliphatic carbocycles. The first-order valence-electron chi connectivity index (χ1n) is 7.52. The van der Waals surface area contributed by atoms with Crippen molar-refractivity contribution in [3.05, 3.63) is 36.7 Å². The van der Waals surface area contributed by atoms with E-state index in [0.29, 0.717) is 28.8 Å². The number of nitrogens with one attached hydrogen (secondary N) is 1. The van der Waals surface area contributed by atoms with Gasteiger partial charge < -0.3 is 20.5 Å². The second-order valence-electron chi connectivity index (χ2n) is 5.08. The van der Waals surface area contributed by atoms with Crippen LogP contribution in [0.3, 0.4) is 0 Å². The lowest BCUT2D eigenvalue weighted by Gasteiger charge is -2.12. The number of nitrogens with two attached hydrogens (primary N) is 1. The van der Waals surface area contributed by atoms with Gasteiger partial charge in [-0.25, -0.2) is 19.9 Å². The van der Waals surface area contributed by atoms with E-state index in [1.165, 1.54) is 0 Å². The van der Waals surface area contributed by atoms with Gasteiger partial charge in [-0.05, 0) is 24.3 Å². The number of benzene rings is 1. The lowest BCUT2D eigenvalue weighted by molar-refractivity contribution is 0.355. The summed E-state index contributed by atoms with van der Waals surface area (Å²) in [6.07, 6.45) is 3.32. The van der Waals surface area contributed by atoms with E-state index in [1.54, 1.807) is 39.7 Å². The second kappa shape index (κ2) is 7.00. The first kappa shape index (κ1) is 16.4. The van der Waals surface area contributed by atoms with Gasteiger partial charge in [-0.2, -0.15) is 0 Å². The number of nitrogens with zero attached hydrogens (tertiary/aromatic N) is 4. The Labute approximate surface area is 145 Å². The fourth-order valence-corrected chi connectivity index (χ4v) is 2.42. The van der Waals surface area contributed by atoms with Crippen LogP contribution in [0.5, 0.6) is 11.5 Å². The summed E-state index contributed by atoms with van der Waals surface area (Å²) < 4.78 is 10.7. The Morgan fingerprint density at radius 2 is 1.80 bits per heavy atom. The van der Waals surface area contributed by atoms with Crippen molar-refractivity contribution in [3.8, 4) is 34.0 Å². The summed E-state index contributed by atoms with van der Waals surface area (Å²) in [4.78, 5) is 17.1. The van der Waals surface area contributed by atoms with Crippen molar-refractivity contribution in [3.63, 3.8) is 0 Å². The van der Waals surface area contributed by atoms with Crippen LogP contribution in [0.1, 0.15) is 0 Å². The molecule has 0 atom stereocenters. The number of methoxy groups -OCH3 is 2. The highest BCUT2D eigenvalue weighted by Crippen LogP contribution is 2.35. The van der Waals surface area contributed by atoms with Gasteiger partial charge in [0.2, 0.25) is 11.9 Å². The molecule has 0 unspecified atom stereocenters. The molecule has 3 aromatic rings. The molecular weight excluding hydrogens is 320 g/mol. The van der Waals surface area contributed by atoms with E-state index in [1.807, 2.05) is 18.2 Å². The largest absolute Gasteiger partial charge is 0.493 e. The SMILES string of the molecule is CNc1nccc(-c2cnc(N)nc2-c2ccc(OC)c(OC)c2)n1. The van der Waals surface area contributed by atoms with Gasteiger partial charge >= 0.3 is 0 Å². The van der Waals surface area contributed by atoms with Crippen molar-refractivity contribution in [1.82, 2.24) is 19.9 Å². The summed E-state index contributed by atoms with van der Waals surface area (Å²) in [6, 6.07) is 7.33. The molecule has 3 N–H and O–H groups in total. The molecule has 1 aromatic carbocycles. The molecule has 8 nitrogen and oxygen atoms in total. The average Bonchev–Trinajstić information content (AvgIpc) is 2.67. The van der Waals surface area contributed by atoms with Crippen LogP contribution in [0.2, 0.25) is 0 Å². The molecule has 0 saturated heterocycles. The summed E-state index contributed by atoms with van der Waals surface area (Å²) in [5.74, 6) is 1.92. The maximum Gasteiger partial charge on any atom is 0.222 e. The second-order valence-corrected chi connectivity index (χ2v) is 5.08. The van der Waals surface area contributed by atoms with E-state index in [4.69, 9.17) is 15.2 Å². The zero-order chi connectivity index (χ0) is 17.8. The van der Waals surface area contributed by atoms with Crippen molar-refractivity contribution in [1.29, 1.82) is 0 Å². The van der Waals surface area contributed by atoms with Gasteiger partial charge in [0.05, 0.1) is 25.6 Å². The number of hydrogen-bond donors (Lipinski definition) is 2. The maximum atomic E-state index is 5.80. The predicted octanol–water partition coefficient (Wildman–Crippen LogP) is 2.24. The van der Waals surface area contributed by atoms with E-state index in [0.717, 1.165) is 11.1 Å². The average molecular weight is 338 g/mol. The minimum absolute atomic E-state index is 0.177. The van der Waals surface area contributed by atoms with Crippen molar-refractivity contribution >= 4 is 11.9 Å². The Morgan fingerprint density at radius 3 is 2.52 bits per heavy atom. The van der Waals surface area contributed by atoms with Gasteiger partial charge in [0.1, 0.15) is 0 Å². The van der Waals surface area contributed by atoms with Gasteiger partial charge in [-0.1, -0.05) is 0 Å². The molecule has 8 heteroatoms. The van der Waals surface area contributed by atoms with E-state index >= 15 is 0 Å². The maximum absolute atomic E-state index is 5.80. The van der Waals surface area contributed by atoms with Crippen LogP contribution in [0.25, 0.3) is 22.5 Å². The predicted molar refractivity (Wildman–Crippen MR) is 95.6 cm³/mol. The number of anilines is 2. The zero-order valence-electron chi connectivity index (χ0n) is 14.1. The smallest absolute Gasteiger partial charge is 0.222 e. The molecule has 2 heterocycles. The zero-order valence-corrected chi connectivity index (χ0v) is 14.1. The molecule has 0 amide bonds. The topological polar surface area (TPSA) is 108 Å². The van der Waals surface area contributed by atoms with E-state index < -0.39 is 0 Å². The Kier molecular flexibility index (Phi) is 4.60. The summed E-state index contributed by atoms with van der Waals surface area (Å²) in [5.41, 5.74) is 8.68. The lowest BCUT2D eigenvalue weighted by atomic mass is 10.0. The van der Waals surface area contributed by atoms with E-state index in [9.17, 15) is 0 Å². The Balaban J connectivity index is 2.17. The summed E-state index contributed by atoms with van der Waals surface area (Å²) in [6.45, 7) is 0. The van der Waals surface area contributed by atoms with Crippen LogP contribution in [0.15, 0.2) is 36.7 Å². The van der Waals surface area contributed by atoms with Crippen molar-refractivity contribution in [2.75, 3.05) is 32.3 Å². The first-order chi connectivity index (χ1) is 12.2. The third-order valence-electron chi connectivity index (χ3n) is 3.62. The van der Waals surface area contributed by atoms with Crippen molar-refractivity contribution in [2.24, 2.45) is 0 Å². The van der Waals surface area contributed by atoms with Crippen molar-refractivity contribution in [2.45, 2.75) is 0 Å². The molecule has 0 saturated carbocycles. The number of rotatable bonds is 5. The van der Waals surface area contributed by atoms with E-state index in [-0.39, 0.29) is 5.95 Å². The summed E-state index contributed by atoms with van der Waals surface area (Å²) in [7, 11) is 4.93. The monoisotopic (exact) mass is 338 g/mol. The van der Waals surface area contributed by atoms with Crippen molar-refractivity contribution < 1.29 is 9.47 Å². The lowest BCUT2D eigenvalue weighted by Crippen LogP contribution is -2.02. The fraction of sp³-hybridized carbons (Fsp3) is 0.176. The third-order valence-corrected chi connectivity index (χ3v) is 3.62. The first-order valence-corrected chi connectivity index (χ1v) is 7.52. The van der Waals surface area contributed by atoms with Gasteiger partial charge in [-0.3, -0.25) is 0 Å². The van der Waals surface area contributed by atoms with Gasteiger partial charge in [0.15, 0.2) is 11.5 Å². The van der Waals surface area contributed by atoms with Gasteiger partial charge in [-0.15, -0.1) is 0 Å². The standard InChI is InChI=1S/C17H18N6O2/c1-19-17-20-7-6-12(22-17)11-9-21-16(18)23-15(11)10-4-5-13(24-2)14(8-10)25-3/h4-9H,1-3H3,(H2,18,21,23)(H,19,20,22). The molecule has 0 radical (unpaired) electrons. The molecule has 0 spiro atoms. The van der Waals surface area contributed by atoms with Crippen LogP contribution in [-0.4, -0.2) is 41.2 Å². The molecule has 25 heavy (non-hydrogen) atoms.